The third-order valence-electron chi connectivity index (χ3n) is 4.50. The second-order valence-corrected chi connectivity index (χ2v) is 9.39. The molecule has 0 aliphatic heterocycles. The van der Waals surface area contributed by atoms with Gasteiger partial charge in [-0.3, -0.25) is 4.79 Å². The Hall–Kier alpha value is -3.16. The fourth-order valence-corrected chi connectivity index (χ4v) is 3.94. The van der Waals surface area contributed by atoms with Crippen LogP contribution in [-0.2, 0) is 21.2 Å². The third-order valence-corrected chi connectivity index (χ3v) is 5.93. The number of hydrogen-bond acceptors (Lipinski definition) is 5. The molecule has 3 rings (SSSR count). The summed E-state index contributed by atoms with van der Waals surface area (Å²) in [7, 11) is -3.88. The maximum atomic E-state index is 15.1. The number of nitrogens with zero attached hydrogens (tertiary/aromatic N) is 1. The summed E-state index contributed by atoms with van der Waals surface area (Å²) in [5.41, 5.74) is 1.03. The SMILES string of the molecule is Cc1cc(S(N)(=O)=O)ccc1NC(=O)Cc1ccc(Cl)c(Oc2cc(Cl)cc(C#N)c2)c1F. The molecule has 3 N–H and O–H groups in total. The van der Waals surface area contributed by atoms with E-state index in [4.69, 9.17) is 38.3 Å². The van der Waals surface area contributed by atoms with E-state index >= 15 is 4.39 Å². The van der Waals surface area contributed by atoms with Crippen LogP contribution in [0.2, 0.25) is 10.0 Å². The number of carbonyl (C=O) groups excluding carboxylic acids is 1. The minimum Gasteiger partial charge on any atom is -0.453 e. The van der Waals surface area contributed by atoms with Gasteiger partial charge in [0.2, 0.25) is 15.9 Å². The summed E-state index contributed by atoms with van der Waals surface area (Å²) in [5.74, 6) is -1.62. The quantitative estimate of drug-likeness (QED) is 0.489. The van der Waals surface area contributed by atoms with Gasteiger partial charge in [0.15, 0.2) is 11.6 Å². The average molecular weight is 508 g/mol. The number of nitriles is 1. The summed E-state index contributed by atoms with van der Waals surface area (Å²) in [6.45, 7) is 1.60. The standard InChI is InChI=1S/C22H16Cl2FN3O4S/c1-12-6-17(33(27,30)31)3-5-19(12)28-20(29)9-14-2-4-18(24)22(21(14)25)32-16-8-13(11-26)7-15(23)10-16/h2-8,10H,9H2,1H3,(H,28,29)(H2,27,30,31). The first-order chi connectivity index (χ1) is 15.5. The van der Waals surface area contributed by atoms with Crippen molar-refractivity contribution in [3.8, 4) is 17.6 Å². The van der Waals surface area contributed by atoms with Gasteiger partial charge in [0.25, 0.3) is 0 Å². The molecule has 0 aliphatic rings. The molecule has 170 valence electrons. The molecule has 0 heterocycles. The van der Waals surface area contributed by atoms with Gasteiger partial charge in [-0.25, -0.2) is 17.9 Å². The van der Waals surface area contributed by atoms with E-state index in [0.29, 0.717) is 11.3 Å². The van der Waals surface area contributed by atoms with Crippen molar-refractivity contribution in [3.63, 3.8) is 0 Å². The van der Waals surface area contributed by atoms with Crippen LogP contribution in [0.15, 0.2) is 53.4 Å². The number of anilines is 1. The summed E-state index contributed by atoms with van der Waals surface area (Å²) in [4.78, 5) is 12.4. The Labute approximate surface area is 199 Å². The van der Waals surface area contributed by atoms with Crippen LogP contribution in [0.1, 0.15) is 16.7 Å². The summed E-state index contributed by atoms with van der Waals surface area (Å²) < 4.78 is 43.5. The highest BCUT2D eigenvalue weighted by atomic mass is 35.5. The van der Waals surface area contributed by atoms with Gasteiger partial charge in [-0.15, -0.1) is 0 Å². The molecule has 0 fully saturated rings. The highest BCUT2D eigenvalue weighted by molar-refractivity contribution is 7.89. The number of rotatable bonds is 6. The van der Waals surface area contributed by atoms with Crippen molar-refractivity contribution in [2.75, 3.05) is 5.32 Å². The van der Waals surface area contributed by atoms with Crippen molar-refractivity contribution in [1.82, 2.24) is 0 Å². The van der Waals surface area contributed by atoms with Gasteiger partial charge in [-0.05, 0) is 55.0 Å². The van der Waals surface area contributed by atoms with Gasteiger partial charge in [-0.2, -0.15) is 5.26 Å². The molecule has 3 aromatic rings. The molecular weight excluding hydrogens is 492 g/mol. The summed E-state index contributed by atoms with van der Waals surface area (Å²) >= 11 is 12.0. The van der Waals surface area contributed by atoms with E-state index in [1.54, 1.807) is 6.92 Å². The van der Waals surface area contributed by atoms with Crippen molar-refractivity contribution < 1.29 is 22.3 Å². The molecule has 0 bridgehead atoms. The van der Waals surface area contributed by atoms with E-state index in [0.717, 1.165) is 0 Å². The second-order valence-electron chi connectivity index (χ2n) is 6.99. The van der Waals surface area contributed by atoms with Crippen LogP contribution in [0.25, 0.3) is 0 Å². The van der Waals surface area contributed by atoms with Gasteiger partial charge < -0.3 is 10.1 Å². The van der Waals surface area contributed by atoms with Crippen LogP contribution in [0.3, 0.4) is 0 Å². The minimum atomic E-state index is -3.88. The zero-order chi connectivity index (χ0) is 24.3. The maximum absolute atomic E-state index is 15.1. The van der Waals surface area contributed by atoms with E-state index in [2.05, 4.69) is 5.32 Å². The zero-order valence-electron chi connectivity index (χ0n) is 17.0. The summed E-state index contributed by atoms with van der Waals surface area (Å²) in [6, 6.07) is 12.8. The molecule has 0 saturated carbocycles. The summed E-state index contributed by atoms with van der Waals surface area (Å²) in [6.07, 6.45) is -0.352. The lowest BCUT2D eigenvalue weighted by Crippen LogP contribution is -2.17. The zero-order valence-corrected chi connectivity index (χ0v) is 19.4. The molecule has 0 saturated heterocycles. The van der Waals surface area contributed by atoms with E-state index in [1.807, 2.05) is 6.07 Å². The Bertz CT molecular complexity index is 1410. The van der Waals surface area contributed by atoms with Gasteiger partial charge in [0.1, 0.15) is 5.75 Å². The van der Waals surface area contributed by atoms with E-state index in [9.17, 15) is 13.2 Å². The first-order valence-electron chi connectivity index (χ1n) is 9.26. The number of nitrogens with two attached hydrogens (primary N) is 1. The lowest BCUT2D eigenvalue weighted by molar-refractivity contribution is -0.115. The van der Waals surface area contributed by atoms with E-state index in [1.165, 1.54) is 48.5 Å². The van der Waals surface area contributed by atoms with Crippen LogP contribution in [0.4, 0.5) is 10.1 Å². The normalized spacial score (nSPS) is 11.0. The van der Waals surface area contributed by atoms with Gasteiger partial charge in [0, 0.05) is 16.3 Å². The lowest BCUT2D eigenvalue weighted by Gasteiger charge is -2.13. The van der Waals surface area contributed by atoms with Crippen LogP contribution in [0.5, 0.6) is 11.5 Å². The number of primary sulfonamides is 1. The molecule has 33 heavy (non-hydrogen) atoms. The molecule has 0 aliphatic carbocycles. The number of ether oxygens (including phenoxy) is 1. The second kappa shape index (κ2) is 9.77. The molecular formula is C22H16Cl2FN3O4S. The number of benzene rings is 3. The minimum absolute atomic E-state index is 0.00763. The molecule has 0 spiro atoms. The van der Waals surface area contributed by atoms with Crippen molar-refractivity contribution in [1.29, 1.82) is 5.26 Å². The predicted octanol–water partition coefficient (Wildman–Crippen LogP) is 4.93. The average Bonchev–Trinajstić information content (AvgIpc) is 2.73. The number of carbonyl (C=O) groups is 1. The van der Waals surface area contributed by atoms with Gasteiger partial charge in [0.05, 0.1) is 28.0 Å². The van der Waals surface area contributed by atoms with Crippen LogP contribution in [0, 0.1) is 24.1 Å². The Balaban J connectivity index is 1.82. The lowest BCUT2D eigenvalue weighted by atomic mass is 10.1. The van der Waals surface area contributed by atoms with Crippen molar-refractivity contribution >= 4 is 44.8 Å². The van der Waals surface area contributed by atoms with Gasteiger partial charge >= 0.3 is 0 Å². The number of hydrogen-bond donors (Lipinski definition) is 2. The fraction of sp³-hybridized carbons (Fsp3) is 0.0909. The molecule has 11 heteroatoms. The molecule has 0 atom stereocenters. The first kappa shape index (κ1) is 24.5. The molecule has 1 amide bonds. The van der Waals surface area contributed by atoms with Crippen molar-refractivity contribution in [2.45, 2.75) is 18.2 Å². The van der Waals surface area contributed by atoms with Crippen molar-refractivity contribution in [3.05, 3.63) is 81.1 Å². The van der Waals surface area contributed by atoms with Crippen molar-refractivity contribution in [2.24, 2.45) is 5.14 Å². The maximum Gasteiger partial charge on any atom is 0.238 e. The monoisotopic (exact) mass is 507 g/mol. The first-order valence-corrected chi connectivity index (χ1v) is 11.6. The highest BCUT2D eigenvalue weighted by Crippen LogP contribution is 2.35. The Morgan fingerprint density at radius 1 is 1.18 bits per heavy atom. The number of nitrogens with one attached hydrogen (secondary N) is 1. The largest absolute Gasteiger partial charge is 0.453 e. The van der Waals surface area contributed by atoms with Crippen LogP contribution in [-0.4, -0.2) is 14.3 Å². The third kappa shape index (κ3) is 6.00. The van der Waals surface area contributed by atoms with Crippen LogP contribution >= 0.6 is 23.2 Å². The number of amides is 1. The van der Waals surface area contributed by atoms with Gasteiger partial charge in [-0.1, -0.05) is 29.3 Å². The Morgan fingerprint density at radius 2 is 1.91 bits per heavy atom. The van der Waals surface area contributed by atoms with Crippen LogP contribution < -0.4 is 15.2 Å². The number of halogens is 3. The predicted molar refractivity (Wildman–Crippen MR) is 123 cm³/mol. The van der Waals surface area contributed by atoms with E-state index in [-0.39, 0.29) is 44.0 Å². The van der Waals surface area contributed by atoms with E-state index < -0.39 is 21.7 Å². The Morgan fingerprint density at radius 3 is 2.55 bits per heavy atom. The smallest absolute Gasteiger partial charge is 0.238 e. The fourth-order valence-electron chi connectivity index (χ4n) is 2.93. The Kier molecular flexibility index (Phi) is 7.25. The number of sulfonamides is 1. The molecule has 0 unspecified atom stereocenters. The topological polar surface area (TPSA) is 122 Å². The molecule has 3 aromatic carbocycles. The summed E-state index contributed by atoms with van der Waals surface area (Å²) in [5, 5.41) is 16.9. The molecule has 0 aromatic heterocycles. The molecule has 0 radical (unpaired) electrons. The molecule has 7 nitrogen and oxygen atoms in total. The highest BCUT2D eigenvalue weighted by Gasteiger charge is 2.18. The number of aryl methyl sites for hydroxylation is 1.